The fourth-order valence-corrected chi connectivity index (χ4v) is 4.28. The minimum Gasteiger partial charge on any atom is -0.870 e. The predicted octanol–water partition coefficient (Wildman–Crippen LogP) is 2.78. The third kappa shape index (κ3) is 24.0. The number of carbonyl (C=O) groups is 6. The largest absolute Gasteiger partial charge is 1.00 e. The van der Waals surface area contributed by atoms with E-state index in [9.17, 15) is 28.8 Å². The summed E-state index contributed by atoms with van der Waals surface area (Å²) in [6.07, 6.45) is 3.60. The number of hydrogen-bond acceptors (Lipinski definition) is 12. The molecule has 4 N–H and O–H groups in total. The molecule has 0 aliphatic heterocycles. The summed E-state index contributed by atoms with van der Waals surface area (Å²) in [6, 6.07) is 7.23. The minimum absolute atomic E-state index is 0. The van der Waals surface area contributed by atoms with Crippen molar-refractivity contribution in [3.63, 3.8) is 0 Å². The first-order chi connectivity index (χ1) is 23.7. The van der Waals surface area contributed by atoms with Gasteiger partial charge in [0, 0.05) is 51.2 Å². The van der Waals surface area contributed by atoms with Crippen LogP contribution < -0.4 is 28.7 Å². The molecule has 0 radical (unpaired) electrons. The molecule has 2 aromatic heterocycles. The third-order valence-corrected chi connectivity index (χ3v) is 6.71. The van der Waals surface area contributed by atoms with E-state index in [0.29, 0.717) is 31.0 Å². The summed E-state index contributed by atoms with van der Waals surface area (Å²) in [5.74, 6) is -0.626. The zero-order valence-corrected chi connectivity index (χ0v) is 33.4. The molecule has 54 heavy (non-hydrogen) atoms. The van der Waals surface area contributed by atoms with Crippen LogP contribution in [0.25, 0.3) is 0 Å². The van der Waals surface area contributed by atoms with E-state index in [0.717, 1.165) is 11.1 Å². The maximum absolute atomic E-state index is 12.5. The molecule has 298 valence electrons. The van der Waals surface area contributed by atoms with E-state index >= 15 is 0 Å². The second kappa shape index (κ2) is 26.4. The van der Waals surface area contributed by atoms with Gasteiger partial charge in [-0.25, -0.2) is 19.6 Å². The summed E-state index contributed by atoms with van der Waals surface area (Å²) >= 11 is 0. The monoisotopic (exact) mass is 756 g/mol. The zero-order valence-electron chi connectivity index (χ0n) is 33.4. The molecule has 0 saturated carbocycles. The Balaban J connectivity index is -0.000000913. The van der Waals surface area contributed by atoms with Crippen molar-refractivity contribution in [3.05, 3.63) is 47.8 Å². The number of rotatable bonds is 16. The van der Waals surface area contributed by atoms with E-state index in [1.54, 1.807) is 66.1 Å². The average Bonchev–Trinajstić information content (AvgIpc) is 3.01. The first kappa shape index (κ1) is 54.0. The van der Waals surface area contributed by atoms with E-state index in [4.69, 9.17) is 14.6 Å². The molecule has 0 aliphatic carbocycles. The number of ketones is 2. The Hall–Kier alpha value is -4.36. The SMILES string of the molecule is COC(=O)CCC(=O)CCCN(C(=O)OC(C)(C)C)c1cc(C)ccn1.Cc1ccnc(N(CCCC(=O)CCC(=O)O)C(=O)OC(C)(C)C)c1.O.[Li+].[OH-]. The fraction of sp³-hybridized carbons (Fsp3) is 0.568. The van der Waals surface area contributed by atoms with Gasteiger partial charge in [0.15, 0.2) is 0 Å². The number of aryl methyl sites for hydroxylation is 2. The van der Waals surface area contributed by atoms with Gasteiger partial charge in [0.05, 0.1) is 20.0 Å². The summed E-state index contributed by atoms with van der Waals surface area (Å²) < 4.78 is 15.4. The first-order valence-electron chi connectivity index (χ1n) is 16.9. The molecule has 0 unspecified atom stereocenters. The standard InChI is InChI=1S/C19H28N2O5.C18H26N2O5.Li.2H2O/c1-14-10-11-20-16(13-14)21(18(24)26-19(2,3)4)12-6-7-15(22)8-9-17(23)25-5;1-13-9-10-19-15(12-13)20(17(24)25-18(2,3)4)11-5-6-14(21)7-8-16(22)23;;;/h10-11,13H,6-9,12H2,1-5H3;9-10,12H,5-8,11H2,1-4H3,(H,22,23);;2*1H2/q;;+1;;/p-1. The number of hydrogen-bond donors (Lipinski definition) is 1. The van der Waals surface area contributed by atoms with Crippen LogP contribution in [0.3, 0.4) is 0 Å². The van der Waals surface area contributed by atoms with Crippen molar-refractivity contribution in [2.24, 2.45) is 0 Å². The average molecular weight is 757 g/mol. The molecule has 0 bridgehead atoms. The minimum atomic E-state index is -0.993. The number of carboxylic acid groups (broad SMARTS) is 1. The summed E-state index contributed by atoms with van der Waals surface area (Å²) in [7, 11) is 1.29. The van der Waals surface area contributed by atoms with E-state index < -0.39 is 35.3 Å². The molecule has 0 aliphatic rings. The van der Waals surface area contributed by atoms with E-state index in [1.165, 1.54) is 16.9 Å². The molecule has 0 saturated heterocycles. The number of aromatic nitrogens is 2. The molecule has 0 spiro atoms. The quantitative estimate of drug-likeness (QED) is 0.147. The van der Waals surface area contributed by atoms with Gasteiger partial charge in [-0.15, -0.1) is 0 Å². The number of carboxylic acids is 1. The van der Waals surface area contributed by atoms with Gasteiger partial charge in [0.25, 0.3) is 0 Å². The van der Waals surface area contributed by atoms with Crippen LogP contribution in [-0.4, -0.2) is 93.1 Å². The molecule has 0 atom stereocenters. The van der Waals surface area contributed by atoms with Crippen molar-refractivity contribution >= 4 is 47.3 Å². The van der Waals surface area contributed by atoms with Gasteiger partial charge in [-0.2, -0.15) is 0 Å². The molecule has 17 heteroatoms. The van der Waals surface area contributed by atoms with E-state index in [2.05, 4.69) is 14.7 Å². The molecule has 16 nitrogen and oxygen atoms in total. The Kier molecular flexibility index (Phi) is 26.4. The Morgan fingerprint density at radius 1 is 0.667 bits per heavy atom. The predicted molar refractivity (Wildman–Crippen MR) is 197 cm³/mol. The molecule has 2 rings (SSSR count). The number of methoxy groups -OCH3 is 1. The van der Waals surface area contributed by atoms with Crippen LogP contribution in [0.2, 0.25) is 0 Å². The van der Waals surface area contributed by atoms with Crippen LogP contribution in [0, 0.1) is 13.8 Å². The second-order valence-corrected chi connectivity index (χ2v) is 13.9. The number of aliphatic carboxylic acids is 1. The summed E-state index contributed by atoms with van der Waals surface area (Å²) in [5, 5.41) is 8.60. The molecule has 0 fully saturated rings. The number of anilines is 2. The van der Waals surface area contributed by atoms with Gasteiger partial charge in [-0.1, -0.05) is 0 Å². The topological polar surface area (TPSA) is 244 Å². The summed E-state index contributed by atoms with van der Waals surface area (Å²) in [6.45, 7) is 15.1. The van der Waals surface area contributed by atoms with Crippen LogP contribution in [0.5, 0.6) is 0 Å². The van der Waals surface area contributed by atoms with Gasteiger partial charge >= 0.3 is 43.0 Å². The molecule has 2 amide bonds. The first-order valence-corrected chi connectivity index (χ1v) is 16.9. The van der Waals surface area contributed by atoms with Crippen molar-refractivity contribution in [2.45, 2.75) is 118 Å². The van der Waals surface area contributed by atoms with Gasteiger partial charge in [-0.3, -0.25) is 29.0 Å². The molecule has 2 aromatic rings. The van der Waals surface area contributed by atoms with Crippen molar-refractivity contribution in [2.75, 3.05) is 30.0 Å². The Morgan fingerprint density at radius 3 is 1.35 bits per heavy atom. The van der Waals surface area contributed by atoms with E-state index in [1.807, 2.05) is 26.0 Å². The number of pyridine rings is 2. The van der Waals surface area contributed by atoms with Gasteiger partial charge in [0.1, 0.15) is 34.4 Å². The van der Waals surface area contributed by atoms with Crippen molar-refractivity contribution in [1.82, 2.24) is 9.97 Å². The Morgan fingerprint density at radius 2 is 1.04 bits per heavy atom. The number of ether oxygens (including phenoxy) is 3. The van der Waals surface area contributed by atoms with Crippen molar-refractivity contribution < 1.29 is 77.9 Å². The Labute approximate surface area is 330 Å². The van der Waals surface area contributed by atoms with Gasteiger partial charge < -0.3 is 30.3 Å². The van der Waals surface area contributed by atoms with Gasteiger partial charge in [0.2, 0.25) is 0 Å². The molecule has 2 heterocycles. The molecular formula is C37H57LiN4O12. The fourth-order valence-electron chi connectivity index (χ4n) is 4.28. The number of nitrogens with zero attached hydrogens (tertiary/aromatic N) is 4. The zero-order chi connectivity index (χ0) is 38.8. The smallest absolute Gasteiger partial charge is 0.870 e. The van der Waals surface area contributed by atoms with Gasteiger partial charge in [-0.05, 0) is 104 Å². The number of carbonyl (C=O) groups excluding carboxylic acids is 5. The molecular weight excluding hydrogens is 699 g/mol. The van der Waals surface area contributed by atoms with E-state index in [-0.39, 0.29) is 86.4 Å². The number of Topliss-reactive ketones (excluding diaryl/α,β-unsaturated/α-hetero) is 2. The maximum atomic E-state index is 12.5. The number of amides is 2. The van der Waals surface area contributed by atoms with Crippen molar-refractivity contribution in [1.29, 1.82) is 0 Å². The van der Waals surface area contributed by atoms with Crippen LogP contribution in [0.15, 0.2) is 36.7 Å². The van der Waals surface area contributed by atoms with Crippen LogP contribution in [-0.2, 0) is 33.4 Å². The third-order valence-electron chi connectivity index (χ3n) is 6.71. The van der Waals surface area contributed by atoms with Crippen LogP contribution in [0.4, 0.5) is 21.2 Å². The summed E-state index contributed by atoms with van der Waals surface area (Å²) in [5.41, 5.74) is 0.653. The summed E-state index contributed by atoms with van der Waals surface area (Å²) in [4.78, 5) is 81.4. The number of esters is 1. The second-order valence-electron chi connectivity index (χ2n) is 13.9. The maximum Gasteiger partial charge on any atom is 1.00 e. The van der Waals surface area contributed by atoms with Crippen LogP contribution in [0.1, 0.15) is 104 Å². The normalized spacial score (nSPS) is 10.4. The van der Waals surface area contributed by atoms with Crippen molar-refractivity contribution in [3.8, 4) is 0 Å². The van der Waals surface area contributed by atoms with Crippen LogP contribution >= 0.6 is 0 Å². The molecule has 0 aromatic carbocycles. The Bertz CT molecular complexity index is 1490.